The number of benzene rings is 1. The standard InChI is InChI=1S/C9H10BNO4.C3H7Cl.Mg.2H/c1-14-7-3-6(5-11)4-8(15-2)9(7)10(12)13;1-3(2)4;;;/h3-4,12-13H,1-2H3;3H,1-2H3;;;. The Balaban J connectivity index is 0. The highest BCUT2D eigenvalue weighted by molar-refractivity contribution is 6.61. The van der Waals surface area contributed by atoms with Crippen molar-refractivity contribution in [2.24, 2.45) is 0 Å². The molecule has 5 nitrogen and oxygen atoms in total. The molecular weight excluding hydrogens is 293 g/mol. The van der Waals surface area contributed by atoms with Gasteiger partial charge in [0.15, 0.2) is 0 Å². The Kier molecular flexibility index (Phi) is 12.0. The molecule has 0 fully saturated rings. The maximum atomic E-state index is 9.12. The van der Waals surface area contributed by atoms with E-state index in [0.29, 0.717) is 10.9 Å². The molecule has 8 heteroatoms. The molecule has 1 aromatic carbocycles. The van der Waals surface area contributed by atoms with Gasteiger partial charge in [-0.3, -0.25) is 0 Å². The molecular formula is C12H19BClMgNO4. The molecule has 0 amide bonds. The van der Waals surface area contributed by atoms with Gasteiger partial charge >= 0.3 is 30.2 Å². The SMILES string of the molecule is CC(C)Cl.COc1cc(C#N)cc(OC)c1B(O)O.[MgH2]. The van der Waals surface area contributed by atoms with Crippen LogP contribution in [0, 0.1) is 11.3 Å². The number of hydrogen-bond acceptors (Lipinski definition) is 5. The van der Waals surface area contributed by atoms with Crippen LogP contribution < -0.4 is 14.9 Å². The van der Waals surface area contributed by atoms with Gasteiger partial charge in [0.25, 0.3) is 0 Å². The molecule has 0 aliphatic carbocycles. The van der Waals surface area contributed by atoms with E-state index in [-0.39, 0.29) is 40.0 Å². The summed E-state index contributed by atoms with van der Waals surface area (Å²) in [6.45, 7) is 3.86. The first-order valence-corrected chi connectivity index (χ1v) is 5.97. The molecule has 0 aliphatic rings. The number of hydrogen-bond donors (Lipinski definition) is 2. The van der Waals surface area contributed by atoms with Gasteiger partial charge in [0.05, 0.1) is 31.3 Å². The third-order valence-corrected chi connectivity index (χ3v) is 1.93. The molecule has 0 atom stereocenters. The van der Waals surface area contributed by atoms with E-state index in [1.807, 2.05) is 19.9 Å². The van der Waals surface area contributed by atoms with E-state index in [1.165, 1.54) is 26.4 Å². The summed E-state index contributed by atoms with van der Waals surface area (Å²) in [5.74, 6) is 0.418. The highest BCUT2D eigenvalue weighted by Gasteiger charge is 2.23. The Hall–Kier alpha value is -0.649. The minimum Gasteiger partial charge on any atom is -0.497 e. The summed E-state index contributed by atoms with van der Waals surface area (Å²) in [5, 5.41) is 27.3. The lowest BCUT2D eigenvalue weighted by molar-refractivity contribution is 0.385. The fourth-order valence-electron chi connectivity index (χ4n) is 1.26. The van der Waals surface area contributed by atoms with Crippen molar-refractivity contribution in [2.45, 2.75) is 19.2 Å². The molecule has 0 saturated carbocycles. The normalized spacial score (nSPS) is 8.75. The number of halogens is 1. The molecule has 108 valence electrons. The van der Waals surface area contributed by atoms with Gasteiger partial charge in [-0.25, -0.2) is 0 Å². The first-order chi connectivity index (χ1) is 8.87. The van der Waals surface area contributed by atoms with Crippen molar-refractivity contribution in [3.63, 3.8) is 0 Å². The fraction of sp³-hybridized carbons (Fsp3) is 0.417. The lowest BCUT2D eigenvalue weighted by Crippen LogP contribution is -2.32. The first-order valence-electron chi connectivity index (χ1n) is 5.53. The summed E-state index contributed by atoms with van der Waals surface area (Å²) in [7, 11) is 1.05. The molecule has 0 heterocycles. The van der Waals surface area contributed by atoms with E-state index < -0.39 is 7.12 Å². The van der Waals surface area contributed by atoms with Crippen molar-refractivity contribution < 1.29 is 19.5 Å². The minimum atomic E-state index is -1.71. The van der Waals surface area contributed by atoms with Crippen LogP contribution in [0.25, 0.3) is 0 Å². The average molecular weight is 312 g/mol. The van der Waals surface area contributed by atoms with Crippen LogP contribution in [0.5, 0.6) is 11.5 Å². The van der Waals surface area contributed by atoms with Gasteiger partial charge in [-0.05, 0) is 26.0 Å². The van der Waals surface area contributed by atoms with Gasteiger partial charge < -0.3 is 19.5 Å². The predicted molar refractivity (Wildman–Crippen MR) is 83.6 cm³/mol. The van der Waals surface area contributed by atoms with E-state index in [9.17, 15) is 0 Å². The van der Waals surface area contributed by atoms with E-state index in [1.54, 1.807) is 0 Å². The molecule has 0 bridgehead atoms. The van der Waals surface area contributed by atoms with Gasteiger partial charge in [0.1, 0.15) is 11.5 Å². The van der Waals surface area contributed by atoms with Crippen molar-refractivity contribution in [1.29, 1.82) is 5.26 Å². The fourth-order valence-corrected chi connectivity index (χ4v) is 1.26. The van der Waals surface area contributed by atoms with Crippen LogP contribution in [0.1, 0.15) is 19.4 Å². The van der Waals surface area contributed by atoms with Crippen LogP contribution >= 0.6 is 11.6 Å². The van der Waals surface area contributed by atoms with Crippen molar-refractivity contribution in [2.75, 3.05) is 14.2 Å². The van der Waals surface area contributed by atoms with E-state index in [0.717, 1.165) is 0 Å². The largest absolute Gasteiger partial charge is 0.497 e. The third-order valence-electron chi connectivity index (χ3n) is 1.93. The van der Waals surface area contributed by atoms with Gasteiger partial charge in [-0.15, -0.1) is 11.6 Å². The van der Waals surface area contributed by atoms with Crippen LogP contribution in [0.2, 0.25) is 0 Å². The molecule has 0 saturated heterocycles. The Morgan fingerprint density at radius 1 is 1.20 bits per heavy atom. The van der Waals surface area contributed by atoms with Crippen LogP contribution in [-0.4, -0.2) is 59.8 Å². The molecule has 1 aromatic rings. The average Bonchev–Trinajstić information content (AvgIpc) is 2.35. The van der Waals surface area contributed by atoms with E-state index >= 15 is 0 Å². The lowest BCUT2D eigenvalue weighted by Gasteiger charge is -2.12. The van der Waals surface area contributed by atoms with Crippen molar-refractivity contribution in [1.82, 2.24) is 0 Å². The topological polar surface area (TPSA) is 82.7 Å². The van der Waals surface area contributed by atoms with Crippen molar-refractivity contribution in [3.8, 4) is 17.6 Å². The smallest absolute Gasteiger partial charge is 0.496 e. The summed E-state index contributed by atoms with van der Waals surface area (Å²) in [4.78, 5) is 0. The van der Waals surface area contributed by atoms with E-state index in [4.69, 9.17) is 36.4 Å². The summed E-state index contributed by atoms with van der Waals surface area (Å²) in [5.41, 5.74) is 0.437. The minimum absolute atomic E-state index is 0. The second kappa shape index (κ2) is 11.1. The zero-order valence-electron chi connectivity index (χ0n) is 11.3. The molecule has 1 rings (SSSR count). The molecule has 0 aliphatic heterocycles. The number of ether oxygens (including phenoxy) is 2. The number of nitriles is 1. The van der Waals surface area contributed by atoms with Crippen LogP contribution in [0.3, 0.4) is 0 Å². The molecule has 0 aromatic heterocycles. The number of methoxy groups -OCH3 is 2. The zero-order chi connectivity index (χ0) is 15.0. The summed E-state index contributed by atoms with van der Waals surface area (Å²) >= 11 is 5.27. The molecule has 2 N–H and O–H groups in total. The van der Waals surface area contributed by atoms with Gasteiger partial charge in [0.2, 0.25) is 0 Å². The van der Waals surface area contributed by atoms with Gasteiger partial charge in [-0.2, -0.15) is 5.26 Å². The maximum Gasteiger partial charge on any atom is 0.496 e. The first kappa shape index (κ1) is 21.6. The quantitative estimate of drug-likeness (QED) is 0.605. The second-order valence-electron chi connectivity index (χ2n) is 3.79. The molecule has 0 unspecified atom stereocenters. The Bertz CT molecular complexity index is 424. The Morgan fingerprint density at radius 2 is 1.55 bits per heavy atom. The lowest BCUT2D eigenvalue weighted by atomic mass is 9.78. The number of alkyl halides is 1. The van der Waals surface area contributed by atoms with Crippen molar-refractivity contribution in [3.05, 3.63) is 17.7 Å². The van der Waals surface area contributed by atoms with E-state index in [2.05, 4.69) is 0 Å². The van der Waals surface area contributed by atoms with Crippen LogP contribution in [-0.2, 0) is 0 Å². The molecule has 0 spiro atoms. The Labute approximate surface area is 140 Å². The maximum absolute atomic E-state index is 9.12. The summed E-state index contributed by atoms with van der Waals surface area (Å²) < 4.78 is 9.88. The summed E-state index contributed by atoms with van der Waals surface area (Å²) in [6, 6.07) is 4.75. The Morgan fingerprint density at radius 3 is 1.75 bits per heavy atom. The summed E-state index contributed by atoms with van der Waals surface area (Å²) in [6.07, 6.45) is 0. The van der Waals surface area contributed by atoms with Crippen molar-refractivity contribution >= 4 is 47.2 Å². The highest BCUT2D eigenvalue weighted by Crippen LogP contribution is 2.19. The number of nitrogens with zero attached hydrogens (tertiary/aromatic N) is 1. The monoisotopic (exact) mass is 311 g/mol. The zero-order valence-corrected chi connectivity index (χ0v) is 12.1. The molecule has 20 heavy (non-hydrogen) atoms. The molecule has 0 radical (unpaired) electrons. The third kappa shape index (κ3) is 7.22. The predicted octanol–water partition coefficient (Wildman–Crippen LogP) is -0.0273. The van der Waals surface area contributed by atoms with Crippen LogP contribution in [0.4, 0.5) is 0 Å². The number of rotatable bonds is 3. The van der Waals surface area contributed by atoms with Gasteiger partial charge in [-0.1, -0.05) is 0 Å². The van der Waals surface area contributed by atoms with Crippen LogP contribution in [0.15, 0.2) is 12.1 Å². The highest BCUT2D eigenvalue weighted by atomic mass is 35.5. The van der Waals surface area contributed by atoms with Gasteiger partial charge in [0, 0.05) is 5.38 Å². The second-order valence-corrected chi connectivity index (χ2v) is 4.67.